The molecule has 0 radical (unpaired) electrons. The van der Waals surface area contributed by atoms with E-state index in [1.807, 2.05) is 0 Å². The summed E-state index contributed by atoms with van der Waals surface area (Å²) in [6, 6.07) is 0.0156. The highest BCUT2D eigenvalue weighted by molar-refractivity contribution is 5.79. The normalized spacial score (nSPS) is 42.3. The molecule has 4 aliphatic carbocycles. The molecule has 5 rings (SSSR count). The molecule has 1 amide bonds. The zero-order chi connectivity index (χ0) is 17.8. The van der Waals surface area contributed by atoms with Crippen LogP contribution in [0.2, 0.25) is 0 Å². The zero-order valence-corrected chi connectivity index (χ0v) is 14.3. The van der Waals surface area contributed by atoms with Crippen LogP contribution in [0.1, 0.15) is 44.9 Å². The number of carbonyl (C=O) groups excluding carboxylic acids is 1. The lowest BCUT2D eigenvalue weighted by atomic mass is 9.48. The second kappa shape index (κ2) is 5.89. The summed E-state index contributed by atoms with van der Waals surface area (Å²) in [6.07, 6.45) is 4.34. The summed E-state index contributed by atoms with van der Waals surface area (Å²) in [5.41, 5.74) is -0.591. The molecule has 5 fully saturated rings. The average molecular weight is 356 g/mol. The number of halogens is 2. The van der Waals surface area contributed by atoms with Gasteiger partial charge in [0.05, 0.1) is 18.5 Å². The first kappa shape index (κ1) is 17.2. The quantitative estimate of drug-likeness (QED) is 0.810. The average Bonchev–Trinajstić information content (AvgIpc) is 2.49. The summed E-state index contributed by atoms with van der Waals surface area (Å²) in [4.78, 5) is 25.7. The van der Waals surface area contributed by atoms with Crippen LogP contribution < -0.4 is 5.32 Å². The van der Waals surface area contributed by atoms with Crippen LogP contribution >= 0.6 is 0 Å². The van der Waals surface area contributed by atoms with Crippen molar-refractivity contribution < 1.29 is 23.5 Å². The molecule has 140 valence electrons. The van der Waals surface area contributed by atoms with Gasteiger partial charge < -0.3 is 10.4 Å². The van der Waals surface area contributed by atoms with Gasteiger partial charge in [0.25, 0.3) is 5.92 Å². The van der Waals surface area contributed by atoms with Gasteiger partial charge in [-0.25, -0.2) is 8.78 Å². The van der Waals surface area contributed by atoms with E-state index in [2.05, 4.69) is 5.32 Å². The predicted octanol–water partition coefficient (Wildman–Crippen LogP) is 2.11. The van der Waals surface area contributed by atoms with Gasteiger partial charge in [-0.15, -0.1) is 0 Å². The highest BCUT2D eigenvalue weighted by Gasteiger charge is 2.58. The van der Waals surface area contributed by atoms with Gasteiger partial charge >= 0.3 is 5.97 Å². The van der Waals surface area contributed by atoms with E-state index in [4.69, 9.17) is 0 Å². The molecule has 2 N–H and O–H groups in total. The maximum absolute atomic E-state index is 13.5. The second-order valence-corrected chi connectivity index (χ2v) is 8.82. The lowest BCUT2D eigenvalue weighted by molar-refractivity contribution is -0.167. The maximum atomic E-state index is 13.5. The molecule has 4 saturated carbocycles. The molecule has 1 heterocycles. The van der Waals surface area contributed by atoms with Gasteiger partial charge in [0, 0.05) is 12.5 Å². The largest absolute Gasteiger partial charge is 0.481 e. The van der Waals surface area contributed by atoms with Crippen molar-refractivity contribution in [1.29, 1.82) is 0 Å². The highest BCUT2D eigenvalue weighted by atomic mass is 19.3. The van der Waals surface area contributed by atoms with Crippen molar-refractivity contribution in [2.24, 2.45) is 23.2 Å². The third-order valence-electron chi connectivity index (χ3n) is 6.89. The lowest BCUT2D eigenvalue weighted by Gasteiger charge is -2.58. The second-order valence-electron chi connectivity index (χ2n) is 8.82. The number of carboxylic acids is 1. The number of carboxylic acid groups (broad SMARTS) is 1. The summed E-state index contributed by atoms with van der Waals surface area (Å²) < 4.78 is 27.0. The zero-order valence-electron chi connectivity index (χ0n) is 14.3. The van der Waals surface area contributed by atoms with Crippen molar-refractivity contribution in [2.75, 3.05) is 19.6 Å². The van der Waals surface area contributed by atoms with E-state index in [1.165, 1.54) is 4.90 Å². The number of hydrogen-bond donors (Lipinski definition) is 2. The van der Waals surface area contributed by atoms with Crippen LogP contribution in [0.25, 0.3) is 0 Å². The third kappa shape index (κ3) is 3.15. The Morgan fingerprint density at radius 1 is 1.16 bits per heavy atom. The standard InChI is InChI=1S/C18H26F2N2O3/c19-18(20)2-1-3-22(10-18)9-14(23)21-15-12-4-11-5-13(15)8-17(6-11,7-12)16(24)25/h11-13,15H,1-10H2,(H,21,23)(H,24,25). The number of piperidine rings is 1. The Morgan fingerprint density at radius 3 is 2.44 bits per heavy atom. The van der Waals surface area contributed by atoms with Gasteiger partial charge in [-0.1, -0.05) is 0 Å². The van der Waals surface area contributed by atoms with Crippen molar-refractivity contribution in [1.82, 2.24) is 10.2 Å². The first-order chi connectivity index (χ1) is 11.8. The number of likely N-dealkylation sites (tertiary alicyclic amines) is 1. The number of carbonyl (C=O) groups is 2. The number of rotatable bonds is 4. The van der Waals surface area contributed by atoms with E-state index in [0.717, 1.165) is 19.3 Å². The van der Waals surface area contributed by atoms with E-state index in [0.29, 0.717) is 31.7 Å². The number of hydrogen-bond acceptors (Lipinski definition) is 3. The Morgan fingerprint density at radius 2 is 1.84 bits per heavy atom. The Hall–Kier alpha value is -1.24. The van der Waals surface area contributed by atoms with Crippen LogP contribution in [-0.4, -0.2) is 53.5 Å². The fraction of sp³-hybridized carbons (Fsp3) is 0.889. The van der Waals surface area contributed by atoms with Crippen molar-refractivity contribution in [3.05, 3.63) is 0 Å². The third-order valence-corrected chi connectivity index (χ3v) is 6.89. The summed E-state index contributed by atoms with van der Waals surface area (Å²) >= 11 is 0. The van der Waals surface area contributed by atoms with Crippen molar-refractivity contribution in [2.45, 2.75) is 56.9 Å². The minimum absolute atomic E-state index is 0.0129. The molecule has 4 bridgehead atoms. The van der Waals surface area contributed by atoms with Gasteiger partial charge in [0.1, 0.15) is 0 Å². The van der Waals surface area contributed by atoms with Gasteiger partial charge in [-0.2, -0.15) is 0 Å². The summed E-state index contributed by atoms with van der Waals surface area (Å²) in [5, 5.41) is 12.7. The Bertz CT molecular complexity index is 567. The van der Waals surface area contributed by atoms with E-state index >= 15 is 0 Å². The first-order valence-electron chi connectivity index (χ1n) is 9.39. The van der Waals surface area contributed by atoms with Crippen LogP contribution in [0.5, 0.6) is 0 Å². The van der Waals surface area contributed by atoms with Gasteiger partial charge in [0.15, 0.2) is 0 Å². The molecule has 5 aliphatic rings. The highest BCUT2D eigenvalue weighted by Crippen LogP contribution is 2.60. The molecule has 1 aliphatic heterocycles. The number of alkyl halides is 2. The van der Waals surface area contributed by atoms with E-state index in [1.54, 1.807) is 0 Å². The first-order valence-corrected chi connectivity index (χ1v) is 9.39. The molecule has 0 spiro atoms. The summed E-state index contributed by atoms with van der Waals surface area (Å²) in [7, 11) is 0. The van der Waals surface area contributed by atoms with Crippen LogP contribution in [-0.2, 0) is 9.59 Å². The van der Waals surface area contributed by atoms with E-state index in [-0.39, 0.29) is 43.3 Å². The lowest BCUT2D eigenvalue weighted by Crippen LogP contribution is -2.61. The van der Waals surface area contributed by atoms with Gasteiger partial charge in [-0.3, -0.25) is 14.5 Å². The Kier molecular flexibility index (Phi) is 4.05. The van der Waals surface area contributed by atoms with Gasteiger partial charge in [-0.05, 0) is 62.8 Å². The molecule has 2 atom stereocenters. The van der Waals surface area contributed by atoms with E-state index in [9.17, 15) is 23.5 Å². The van der Waals surface area contributed by atoms with Gasteiger partial charge in [0.2, 0.25) is 5.91 Å². The Balaban J connectivity index is 1.37. The molecule has 1 saturated heterocycles. The van der Waals surface area contributed by atoms with Crippen molar-refractivity contribution >= 4 is 11.9 Å². The molecule has 0 aromatic rings. The monoisotopic (exact) mass is 356 g/mol. The smallest absolute Gasteiger partial charge is 0.309 e. The van der Waals surface area contributed by atoms with Crippen molar-refractivity contribution in [3.63, 3.8) is 0 Å². The number of aliphatic carboxylic acids is 1. The van der Waals surface area contributed by atoms with Crippen molar-refractivity contribution in [3.8, 4) is 0 Å². The Labute approximate surface area is 146 Å². The molecular weight excluding hydrogens is 330 g/mol. The molecule has 7 heteroatoms. The minimum Gasteiger partial charge on any atom is -0.481 e. The number of nitrogens with zero attached hydrogens (tertiary/aromatic N) is 1. The minimum atomic E-state index is -2.70. The summed E-state index contributed by atoms with van der Waals surface area (Å²) in [5.74, 6) is -2.69. The maximum Gasteiger partial charge on any atom is 0.309 e. The molecule has 0 aromatic carbocycles. The number of amides is 1. The fourth-order valence-electron chi connectivity index (χ4n) is 6.14. The summed E-state index contributed by atoms with van der Waals surface area (Å²) in [6.45, 7) is 0.200. The molecule has 25 heavy (non-hydrogen) atoms. The molecule has 5 nitrogen and oxygen atoms in total. The van der Waals surface area contributed by atoms with Crippen LogP contribution in [0, 0.1) is 23.2 Å². The molecule has 2 unspecified atom stereocenters. The topological polar surface area (TPSA) is 69.6 Å². The molecule has 0 aromatic heterocycles. The van der Waals surface area contributed by atoms with Crippen LogP contribution in [0.4, 0.5) is 8.78 Å². The number of nitrogens with one attached hydrogen (secondary N) is 1. The molecular formula is C18H26F2N2O3. The van der Waals surface area contributed by atoms with Crippen LogP contribution in [0.3, 0.4) is 0 Å². The van der Waals surface area contributed by atoms with E-state index < -0.39 is 17.3 Å². The predicted molar refractivity (Wildman–Crippen MR) is 86.2 cm³/mol. The van der Waals surface area contributed by atoms with Crippen LogP contribution in [0.15, 0.2) is 0 Å². The SMILES string of the molecule is O=C(CN1CCCC(F)(F)C1)NC1C2CC3CC1CC(C(=O)O)(C3)C2. The fourth-order valence-corrected chi connectivity index (χ4v) is 6.14.